The Morgan fingerprint density at radius 3 is 1.23 bits per heavy atom. The Labute approximate surface area is 303 Å². The molecule has 0 atom stereocenters. The van der Waals surface area contributed by atoms with Gasteiger partial charge in [-0.25, -0.2) is 0 Å². The fourth-order valence-electron chi connectivity index (χ4n) is 7.93. The summed E-state index contributed by atoms with van der Waals surface area (Å²) in [6.07, 6.45) is 0. The van der Waals surface area contributed by atoms with Gasteiger partial charge in [-0.05, 0) is 135 Å². The van der Waals surface area contributed by atoms with Gasteiger partial charge in [0.25, 0.3) is 0 Å². The van der Waals surface area contributed by atoms with Crippen LogP contribution >= 0.6 is 0 Å². The van der Waals surface area contributed by atoms with Gasteiger partial charge in [0.15, 0.2) is 0 Å². The van der Waals surface area contributed by atoms with Crippen LogP contribution in [-0.4, -0.2) is 0 Å². The van der Waals surface area contributed by atoms with Crippen molar-refractivity contribution in [2.45, 2.75) is 0 Å². The zero-order chi connectivity index (χ0) is 34.4. The minimum absolute atomic E-state index is 1.22. The fourth-order valence-corrected chi connectivity index (χ4v) is 7.93. The molecule has 52 heavy (non-hydrogen) atoms. The second-order valence-electron chi connectivity index (χ2n) is 13.7. The van der Waals surface area contributed by atoms with Crippen molar-refractivity contribution in [2.24, 2.45) is 0 Å². The molecule has 0 N–H and O–H groups in total. The van der Waals surface area contributed by atoms with E-state index in [4.69, 9.17) is 0 Å². The minimum Gasteiger partial charge on any atom is -0.0622 e. The van der Waals surface area contributed by atoms with Crippen molar-refractivity contribution in [3.63, 3.8) is 0 Å². The first-order valence-electron chi connectivity index (χ1n) is 18.0. The first-order valence-corrected chi connectivity index (χ1v) is 18.0. The molecule has 10 aromatic rings. The van der Waals surface area contributed by atoms with Gasteiger partial charge in [-0.15, -0.1) is 0 Å². The molecule has 0 spiro atoms. The number of benzene rings is 10. The van der Waals surface area contributed by atoms with Crippen molar-refractivity contribution in [3.05, 3.63) is 206 Å². The lowest BCUT2D eigenvalue weighted by atomic mass is 9.87. The second kappa shape index (κ2) is 12.5. The van der Waals surface area contributed by atoms with E-state index in [0.29, 0.717) is 0 Å². The average molecular weight is 659 g/mol. The van der Waals surface area contributed by atoms with Crippen molar-refractivity contribution in [2.75, 3.05) is 0 Å². The molecule has 0 radical (unpaired) electrons. The average Bonchev–Trinajstić information content (AvgIpc) is 3.23. The number of fused-ring (bicyclic) bond motifs is 5. The van der Waals surface area contributed by atoms with Crippen molar-refractivity contribution in [1.82, 2.24) is 0 Å². The molecule has 0 aromatic heterocycles. The topological polar surface area (TPSA) is 0 Å². The van der Waals surface area contributed by atoms with Crippen LogP contribution in [0.4, 0.5) is 0 Å². The van der Waals surface area contributed by atoms with Gasteiger partial charge in [-0.1, -0.05) is 170 Å². The summed E-state index contributed by atoms with van der Waals surface area (Å²) >= 11 is 0. The Kier molecular flexibility index (Phi) is 7.25. The summed E-state index contributed by atoms with van der Waals surface area (Å²) < 4.78 is 0. The number of hydrogen-bond acceptors (Lipinski definition) is 0. The Morgan fingerprint density at radius 2 is 0.596 bits per heavy atom. The van der Waals surface area contributed by atoms with Crippen LogP contribution in [-0.2, 0) is 0 Å². The van der Waals surface area contributed by atoms with Crippen molar-refractivity contribution < 1.29 is 0 Å². The smallest absolute Gasteiger partial charge is 0.00928 e. The largest absolute Gasteiger partial charge is 0.0622 e. The van der Waals surface area contributed by atoms with Crippen molar-refractivity contribution in [3.8, 4) is 55.6 Å². The third-order valence-electron chi connectivity index (χ3n) is 10.6. The molecule has 0 saturated heterocycles. The molecule has 242 valence electrons. The zero-order valence-corrected chi connectivity index (χ0v) is 28.6. The van der Waals surface area contributed by atoms with Gasteiger partial charge in [-0.2, -0.15) is 0 Å². The number of hydrogen-bond donors (Lipinski definition) is 0. The van der Waals surface area contributed by atoms with E-state index in [1.165, 1.54) is 98.7 Å². The first kappa shape index (κ1) is 30.1. The first-order chi connectivity index (χ1) is 25.7. The van der Waals surface area contributed by atoms with Crippen molar-refractivity contribution in [1.29, 1.82) is 0 Å². The molecule has 0 heteroatoms. The second-order valence-corrected chi connectivity index (χ2v) is 13.7. The van der Waals surface area contributed by atoms with E-state index in [0.717, 1.165) is 0 Å². The highest BCUT2D eigenvalue weighted by molar-refractivity contribution is 6.15. The molecule has 0 aliphatic rings. The molecular weight excluding hydrogens is 625 g/mol. The molecule has 0 bridgehead atoms. The predicted molar refractivity (Wildman–Crippen MR) is 224 cm³/mol. The summed E-state index contributed by atoms with van der Waals surface area (Å²) in [5.74, 6) is 0. The van der Waals surface area contributed by atoms with Gasteiger partial charge in [0.05, 0.1) is 0 Å². The highest BCUT2D eigenvalue weighted by Crippen LogP contribution is 2.42. The van der Waals surface area contributed by atoms with Crippen LogP contribution in [0.3, 0.4) is 0 Å². The number of rotatable bonds is 5. The van der Waals surface area contributed by atoms with E-state index in [2.05, 4.69) is 206 Å². The monoisotopic (exact) mass is 658 g/mol. The van der Waals surface area contributed by atoms with Crippen LogP contribution in [0.1, 0.15) is 0 Å². The van der Waals surface area contributed by atoms with Gasteiger partial charge in [0.2, 0.25) is 0 Å². The van der Waals surface area contributed by atoms with E-state index in [1.807, 2.05) is 0 Å². The van der Waals surface area contributed by atoms with Gasteiger partial charge >= 0.3 is 0 Å². The van der Waals surface area contributed by atoms with Crippen LogP contribution in [0, 0.1) is 0 Å². The molecule has 0 aliphatic carbocycles. The normalized spacial score (nSPS) is 11.5. The lowest BCUT2D eigenvalue weighted by Gasteiger charge is -2.16. The summed E-state index contributed by atoms with van der Waals surface area (Å²) in [5.41, 5.74) is 12.3. The minimum atomic E-state index is 1.22. The molecule has 0 saturated carbocycles. The molecule has 0 heterocycles. The van der Waals surface area contributed by atoms with Crippen LogP contribution in [0.25, 0.3) is 98.7 Å². The summed E-state index contributed by atoms with van der Waals surface area (Å²) in [5, 5.41) is 10.1. The maximum absolute atomic E-state index is 2.41. The third-order valence-corrected chi connectivity index (χ3v) is 10.6. The van der Waals surface area contributed by atoms with E-state index in [9.17, 15) is 0 Å². The zero-order valence-electron chi connectivity index (χ0n) is 28.6. The standard InChI is InChI=1S/C52H34/c1-3-12-38(13-4-1)49-31-41-17-9-10-18-42(41)32-51(49)45-26-28-48-47-27-25-44(30-46(47)34-50(52(48)33-45)39-14-5-2-6-15-39)37-21-19-36(20-22-37)43-24-23-35-11-7-8-16-40(35)29-43/h1-34H. The molecule has 0 nitrogen and oxygen atoms in total. The maximum atomic E-state index is 2.41. The Bertz CT molecular complexity index is 2920. The highest BCUT2D eigenvalue weighted by atomic mass is 14.2. The molecule has 0 aliphatic heterocycles. The Balaban J connectivity index is 1.11. The molecule has 10 rings (SSSR count). The lowest BCUT2D eigenvalue weighted by Crippen LogP contribution is -1.90. The van der Waals surface area contributed by atoms with Gasteiger partial charge in [-0.3, -0.25) is 0 Å². The maximum Gasteiger partial charge on any atom is -0.00928 e. The van der Waals surface area contributed by atoms with Crippen LogP contribution < -0.4 is 0 Å². The summed E-state index contributed by atoms with van der Waals surface area (Å²) in [4.78, 5) is 0. The Morgan fingerprint density at radius 1 is 0.173 bits per heavy atom. The van der Waals surface area contributed by atoms with Gasteiger partial charge in [0, 0.05) is 0 Å². The quantitative estimate of drug-likeness (QED) is 0.161. The van der Waals surface area contributed by atoms with Crippen LogP contribution in [0.15, 0.2) is 206 Å². The highest BCUT2D eigenvalue weighted by Gasteiger charge is 2.15. The molecule has 0 fully saturated rings. The molecular formula is C52H34. The lowest BCUT2D eigenvalue weighted by molar-refractivity contribution is 1.61. The summed E-state index contributed by atoms with van der Waals surface area (Å²) in [6, 6.07) is 75.6. The van der Waals surface area contributed by atoms with E-state index >= 15 is 0 Å². The fraction of sp³-hybridized carbons (Fsp3) is 0. The summed E-state index contributed by atoms with van der Waals surface area (Å²) in [7, 11) is 0. The molecule has 10 aromatic carbocycles. The van der Waals surface area contributed by atoms with E-state index in [1.54, 1.807) is 0 Å². The van der Waals surface area contributed by atoms with Crippen LogP contribution in [0.2, 0.25) is 0 Å². The van der Waals surface area contributed by atoms with E-state index in [-0.39, 0.29) is 0 Å². The Hall–Kier alpha value is -6.76. The van der Waals surface area contributed by atoms with Crippen LogP contribution in [0.5, 0.6) is 0 Å². The molecule has 0 unspecified atom stereocenters. The third kappa shape index (κ3) is 5.34. The van der Waals surface area contributed by atoms with E-state index < -0.39 is 0 Å². The summed E-state index contributed by atoms with van der Waals surface area (Å²) in [6.45, 7) is 0. The predicted octanol–water partition coefficient (Wildman–Crippen LogP) is 14.6. The van der Waals surface area contributed by atoms with Gasteiger partial charge in [0.1, 0.15) is 0 Å². The molecule has 0 amide bonds. The van der Waals surface area contributed by atoms with Gasteiger partial charge < -0.3 is 0 Å². The van der Waals surface area contributed by atoms with Crippen molar-refractivity contribution >= 4 is 43.1 Å². The SMILES string of the molecule is c1ccc(-c2cc3ccccc3cc2-c2ccc3c(c2)c(-c2ccccc2)cc2cc(-c4ccc(-c5ccc6ccccc6c5)cc4)ccc23)cc1.